The molecule has 10 heterocycles. The van der Waals surface area contributed by atoms with E-state index < -0.39 is 0 Å². The first-order valence-corrected chi connectivity index (χ1v) is 23.1. The third-order valence-electron chi connectivity index (χ3n) is 13.1. The quantitative estimate of drug-likeness (QED) is 0.165. The first kappa shape index (κ1) is 40.6. The van der Waals surface area contributed by atoms with Crippen LogP contribution in [0, 0.1) is 13.8 Å². The van der Waals surface area contributed by atoms with Gasteiger partial charge in [0.15, 0.2) is 0 Å². The molecule has 0 saturated heterocycles. The zero-order valence-corrected chi connectivity index (χ0v) is 37.7. The number of hydrogen-bond acceptors (Lipinski definition) is 4. The summed E-state index contributed by atoms with van der Waals surface area (Å²) in [5.74, 6) is 0. The van der Waals surface area contributed by atoms with Crippen LogP contribution in [0.5, 0.6) is 0 Å². The van der Waals surface area contributed by atoms with Gasteiger partial charge < -0.3 is 0 Å². The van der Waals surface area contributed by atoms with Crippen molar-refractivity contribution in [2.24, 2.45) is 0 Å². The van der Waals surface area contributed by atoms with Crippen molar-refractivity contribution in [2.75, 3.05) is 0 Å². The molecule has 0 radical (unpaired) electrons. The van der Waals surface area contributed by atoms with E-state index in [-0.39, 0.29) is 0 Å². The summed E-state index contributed by atoms with van der Waals surface area (Å²) in [6, 6.07) is 73.9. The van der Waals surface area contributed by atoms with Crippen molar-refractivity contribution in [1.82, 2.24) is 19.9 Å². The molecule has 4 nitrogen and oxygen atoms in total. The van der Waals surface area contributed by atoms with Gasteiger partial charge in [-0.3, -0.25) is 19.9 Å². The molecule has 320 valence electrons. The minimum absolute atomic E-state index is 0.867. The highest BCUT2D eigenvalue weighted by Crippen LogP contribution is 2.32. The van der Waals surface area contributed by atoms with Gasteiger partial charge in [0, 0.05) is 57.1 Å². The second-order valence-corrected chi connectivity index (χ2v) is 17.7. The van der Waals surface area contributed by atoms with Gasteiger partial charge in [0.2, 0.25) is 0 Å². The summed E-state index contributed by atoms with van der Waals surface area (Å²) in [5, 5.41) is 17.5. The van der Waals surface area contributed by atoms with Crippen molar-refractivity contribution in [3.05, 3.63) is 242 Å². The predicted octanol–water partition coefficient (Wildman–Crippen LogP) is 17.0. The fourth-order valence-corrected chi connectivity index (χ4v) is 9.79. The van der Waals surface area contributed by atoms with Gasteiger partial charge in [0.25, 0.3) is 0 Å². The normalized spacial score (nSPS) is 11.4. The number of nitrogens with zero attached hydrogens (tertiary/aromatic N) is 4. The molecule has 0 atom stereocenters. The molecule has 0 spiro atoms. The maximum atomic E-state index is 5.16. The molecule has 12 bridgehead atoms. The second-order valence-electron chi connectivity index (χ2n) is 17.7. The van der Waals surface area contributed by atoms with E-state index in [1.54, 1.807) is 0 Å². The van der Waals surface area contributed by atoms with Crippen LogP contribution in [0.15, 0.2) is 231 Å². The standard InChI is InChI=1S/C64H44N4/c1-41-30-49-34-50(31-41)56-17-9-7-15-54(56)46-22-27-62(66-38-46)48-24-29-64(68-40-48)60-36-44(43-12-4-3-5-13-43)20-25-58(60)52-33-42(2)32-51(35-52)57-18-10-11-19-59(57)63-28-23-47(39-67-63)61-26-21-45(37-65-61)53-14-6-8-16-55(49)53/h3-40H,1-2H3. The van der Waals surface area contributed by atoms with Gasteiger partial charge in [-0.2, -0.15) is 0 Å². The second kappa shape index (κ2) is 17.2. The highest BCUT2D eigenvalue weighted by molar-refractivity contribution is 6.12. The van der Waals surface area contributed by atoms with E-state index in [2.05, 4.69) is 220 Å². The molecule has 0 aliphatic carbocycles. The molecule has 4 heteroatoms. The molecular weight excluding hydrogens is 825 g/mol. The molecule has 0 aliphatic rings. The van der Waals surface area contributed by atoms with E-state index in [1.807, 2.05) is 24.8 Å². The molecule has 10 aromatic heterocycles. The van der Waals surface area contributed by atoms with Crippen LogP contribution in [0.2, 0.25) is 0 Å². The van der Waals surface area contributed by atoms with Crippen LogP contribution in [-0.2, 0) is 0 Å². The Balaban J connectivity index is 1.18. The van der Waals surface area contributed by atoms with E-state index in [0.717, 1.165) is 119 Å². The Kier molecular flexibility index (Phi) is 10.3. The Bertz CT molecular complexity index is 4210. The van der Waals surface area contributed by atoms with Crippen LogP contribution in [0.1, 0.15) is 11.1 Å². The van der Waals surface area contributed by atoms with Crippen molar-refractivity contribution in [1.29, 1.82) is 0 Å². The van der Waals surface area contributed by atoms with Gasteiger partial charge in [-0.15, -0.1) is 0 Å². The van der Waals surface area contributed by atoms with Crippen molar-refractivity contribution in [2.45, 2.75) is 13.8 Å². The molecule has 18 aromatic rings. The number of benzene rings is 7. The Morgan fingerprint density at radius 3 is 1.01 bits per heavy atom. The van der Waals surface area contributed by atoms with Crippen LogP contribution in [0.4, 0.5) is 0 Å². The highest BCUT2D eigenvalue weighted by Gasteiger charge is 2.07. The summed E-state index contributed by atoms with van der Waals surface area (Å²) < 4.78 is 0. The number of aryl methyl sites for hydroxylation is 2. The molecule has 0 saturated carbocycles. The summed E-state index contributed by atoms with van der Waals surface area (Å²) in [6.07, 6.45) is 7.87. The molecule has 0 aliphatic heterocycles. The topological polar surface area (TPSA) is 51.6 Å². The fourth-order valence-electron chi connectivity index (χ4n) is 9.79. The molecule has 0 fully saturated rings. The zero-order valence-electron chi connectivity index (χ0n) is 37.7. The summed E-state index contributed by atoms with van der Waals surface area (Å²) >= 11 is 0. The van der Waals surface area contributed by atoms with Crippen LogP contribution in [0.3, 0.4) is 0 Å². The van der Waals surface area contributed by atoms with Gasteiger partial charge in [0.05, 0.1) is 22.1 Å². The first-order chi connectivity index (χ1) is 33.5. The molecule has 18 rings (SSSR count). The summed E-state index contributed by atoms with van der Waals surface area (Å²) in [4.78, 5) is 20.3. The fraction of sp³-hybridized carbons (Fsp3) is 0.0312. The van der Waals surface area contributed by atoms with E-state index >= 15 is 0 Å². The predicted molar refractivity (Wildman–Crippen MR) is 289 cm³/mol. The summed E-state index contributed by atoms with van der Waals surface area (Å²) in [5.41, 5.74) is 8.18. The summed E-state index contributed by atoms with van der Waals surface area (Å²) in [7, 11) is 0. The highest BCUT2D eigenvalue weighted by atomic mass is 14.7. The van der Waals surface area contributed by atoms with Gasteiger partial charge in [-0.05, 0) is 145 Å². The third-order valence-corrected chi connectivity index (χ3v) is 13.1. The Morgan fingerprint density at radius 2 is 0.574 bits per heavy atom. The lowest BCUT2D eigenvalue weighted by Crippen LogP contribution is -1.84. The minimum atomic E-state index is 0.867. The largest absolute Gasteiger partial charge is 0.256 e. The maximum Gasteiger partial charge on any atom is 0.0717 e. The monoisotopic (exact) mass is 868 g/mol. The van der Waals surface area contributed by atoms with E-state index in [9.17, 15) is 0 Å². The first-order valence-electron chi connectivity index (χ1n) is 23.1. The SMILES string of the molecule is Cc1cc2cc(c1)c1ccccc1c1ccc(nc1)c1ccc(nc1)c1cc(-c3ccccc3)ccc1c1cc(C)cc(c1)c1ccccc1c1ccc(cn1)c1ccc(cn1)c1ccccc21. The van der Waals surface area contributed by atoms with Gasteiger partial charge in [-0.1, -0.05) is 152 Å². The average molecular weight is 869 g/mol. The van der Waals surface area contributed by atoms with Crippen LogP contribution in [0.25, 0.3) is 119 Å². The van der Waals surface area contributed by atoms with Gasteiger partial charge in [-0.25, -0.2) is 0 Å². The lowest BCUT2D eigenvalue weighted by Gasteiger charge is -2.07. The molecule has 0 unspecified atom stereocenters. The van der Waals surface area contributed by atoms with Crippen molar-refractivity contribution in [3.8, 4) is 11.1 Å². The minimum Gasteiger partial charge on any atom is -0.256 e. The van der Waals surface area contributed by atoms with E-state index in [4.69, 9.17) is 19.9 Å². The van der Waals surface area contributed by atoms with Crippen LogP contribution < -0.4 is 0 Å². The van der Waals surface area contributed by atoms with Gasteiger partial charge in [0.1, 0.15) is 0 Å². The number of rotatable bonds is 1. The van der Waals surface area contributed by atoms with Crippen LogP contribution in [-0.4, -0.2) is 19.9 Å². The molecule has 68 heavy (non-hydrogen) atoms. The Labute approximate surface area is 393 Å². The summed E-state index contributed by atoms with van der Waals surface area (Å²) in [6.45, 7) is 4.35. The zero-order chi connectivity index (χ0) is 45.6. The molecular formula is C64H44N4. The number of aromatic nitrogens is 4. The van der Waals surface area contributed by atoms with Gasteiger partial charge >= 0.3 is 0 Å². The molecule has 0 N–H and O–H groups in total. The molecule has 0 amide bonds. The Hall–Kier alpha value is -8.86. The number of hydrogen-bond donors (Lipinski definition) is 0. The third kappa shape index (κ3) is 7.68. The van der Waals surface area contributed by atoms with E-state index in [0.29, 0.717) is 0 Å². The van der Waals surface area contributed by atoms with E-state index in [1.165, 1.54) is 11.1 Å². The molecule has 8 aromatic carbocycles. The lowest BCUT2D eigenvalue weighted by molar-refractivity contribution is 1.41. The maximum absolute atomic E-state index is 5.16. The van der Waals surface area contributed by atoms with Crippen molar-refractivity contribution in [3.63, 3.8) is 0 Å². The Morgan fingerprint density at radius 1 is 0.221 bits per heavy atom. The van der Waals surface area contributed by atoms with Crippen LogP contribution >= 0.6 is 0 Å². The lowest BCUT2D eigenvalue weighted by atomic mass is 9.98. The van der Waals surface area contributed by atoms with Crippen molar-refractivity contribution >= 4 is 108 Å². The smallest absolute Gasteiger partial charge is 0.0717 e. The number of pyridine rings is 4. The average Bonchev–Trinajstić information content (AvgIpc) is 3.40. The van der Waals surface area contributed by atoms with Crippen molar-refractivity contribution < 1.29 is 0 Å².